The van der Waals surface area contributed by atoms with Gasteiger partial charge in [-0.25, -0.2) is 4.98 Å². The molecule has 1 rings (SSSR count). The molecule has 0 aromatic carbocycles. The number of aliphatic hydroxyl groups excluding tert-OH is 1. The molecule has 0 fully saturated rings. The van der Waals surface area contributed by atoms with Crippen molar-refractivity contribution in [3.05, 3.63) is 22.8 Å². The Morgan fingerprint density at radius 3 is 2.80 bits per heavy atom. The fraction of sp³-hybridized carbons (Fsp3) is 0.500. The number of nitrogens with two attached hydrogens (primary N) is 1. The van der Waals surface area contributed by atoms with Crippen LogP contribution in [0.15, 0.2) is 12.3 Å². The average molecular weight is 231 g/mol. The summed E-state index contributed by atoms with van der Waals surface area (Å²) in [5.41, 5.74) is 4.72. The number of aromatic nitrogens is 1. The first-order chi connectivity index (χ1) is 6.88. The molecule has 1 heterocycles. The van der Waals surface area contributed by atoms with Gasteiger partial charge in [-0.3, -0.25) is 0 Å². The van der Waals surface area contributed by atoms with Crippen LogP contribution >= 0.6 is 11.6 Å². The van der Waals surface area contributed by atoms with Gasteiger partial charge in [-0.2, -0.15) is 0 Å². The molecular weight excluding hydrogens is 216 g/mol. The monoisotopic (exact) mass is 230 g/mol. The van der Waals surface area contributed by atoms with Crippen LogP contribution in [0.1, 0.15) is 31.9 Å². The number of rotatable bonds is 3. The van der Waals surface area contributed by atoms with Gasteiger partial charge >= 0.3 is 0 Å². The zero-order chi connectivity index (χ0) is 11.6. The predicted octanol–water partition coefficient (Wildman–Crippen LogP) is 1.51. The molecule has 2 unspecified atom stereocenters. The van der Waals surface area contributed by atoms with Crippen LogP contribution in [-0.2, 0) is 0 Å². The summed E-state index contributed by atoms with van der Waals surface area (Å²) < 4.78 is 0. The molecule has 4 nitrogen and oxygen atoms in total. The highest BCUT2D eigenvalue weighted by molar-refractivity contribution is 6.30. The van der Waals surface area contributed by atoms with Gasteiger partial charge in [-0.1, -0.05) is 18.5 Å². The highest BCUT2D eigenvalue weighted by atomic mass is 35.5. The maximum Gasteiger partial charge on any atom is 0.129 e. The van der Waals surface area contributed by atoms with Crippen molar-refractivity contribution in [2.24, 2.45) is 0 Å². The van der Waals surface area contributed by atoms with Gasteiger partial charge in [0.05, 0.1) is 10.6 Å². The SMILES string of the molecule is CCC(C)(O)C(O)c1cc(Cl)cnc1N. The van der Waals surface area contributed by atoms with E-state index < -0.39 is 11.7 Å². The van der Waals surface area contributed by atoms with Gasteiger partial charge in [-0.05, 0) is 19.4 Å². The zero-order valence-corrected chi connectivity index (χ0v) is 9.49. The number of hydrogen-bond donors (Lipinski definition) is 3. The average Bonchev–Trinajstić information content (AvgIpc) is 2.20. The Labute approximate surface area is 93.7 Å². The van der Waals surface area contributed by atoms with Crippen molar-refractivity contribution < 1.29 is 10.2 Å². The van der Waals surface area contributed by atoms with Gasteiger partial charge in [0.2, 0.25) is 0 Å². The van der Waals surface area contributed by atoms with Gasteiger partial charge in [0, 0.05) is 11.8 Å². The molecule has 0 aliphatic carbocycles. The summed E-state index contributed by atoms with van der Waals surface area (Å²) in [7, 11) is 0. The van der Waals surface area contributed by atoms with E-state index in [4.69, 9.17) is 17.3 Å². The van der Waals surface area contributed by atoms with Crippen molar-refractivity contribution in [2.45, 2.75) is 32.0 Å². The molecule has 0 radical (unpaired) electrons. The van der Waals surface area contributed by atoms with E-state index in [0.29, 0.717) is 17.0 Å². The van der Waals surface area contributed by atoms with Crippen molar-refractivity contribution in [2.75, 3.05) is 5.73 Å². The van der Waals surface area contributed by atoms with Gasteiger partial charge in [0.25, 0.3) is 0 Å². The summed E-state index contributed by atoms with van der Waals surface area (Å²) in [5, 5.41) is 20.2. The third-order valence-electron chi connectivity index (χ3n) is 2.52. The lowest BCUT2D eigenvalue weighted by atomic mass is 9.91. The number of aliphatic hydroxyl groups is 2. The summed E-state index contributed by atoms with van der Waals surface area (Å²) in [6, 6.07) is 1.51. The lowest BCUT2D eigenvalue weighted by Crippen LogP contribution is -2.32. The van der Waals surface area contributed by atoms with Crippen LogP contribution in [0.5, 0.6) is 0 Å². The van der Waals surface area contributed by atoms with Crippen LogP contribution in [0.4, 0.5) is 5.82 Å². The largest absolute Gasteiger partial charge is 0.387 e. The van der Waals surface area contributed by atoms with Crippen molar-refractivity contribution in [3.63, 3.8) is 0 Å². The molecule has 0 aliphatic rings. The van der Waals surface area contributed by atoms with Crippen LogP contribution < -0.4 is 5.73 Å². The topological polar surface area (TPSA) is 79.4 Å². The Bertz CT molecular complexity index is 355. The highest BCUT2D eigenvalue weighted by Gasteiger charge is 2.31. The standard InChI is InChI=1S/C10H15ClN2O2/c1-3-10(2,15)8(14)7-4-6(11)5-13-9(7)12/h4-5,8,14-15H,3H2,1-2H3,(H2,12,13). The summed E-state index contributed by atoms with van der Waals surface area (Å²) >= 11 is 5.74. The second kappa shape index (κ2) is 4.35. The van der Waals surface area contributed by atoms with Gasteiger partial charge in [0.1, 0.15) is 11.9 Å². The van der Waals surface area contributed by atoms with E-state index in [2.05, 4.69) is 4.98 Å². The molecular formula is C10H15ClN2O2. The maximum atomic E-state index is 9.92. The van der Waals surface area contributed by atoms with Gasteiger partial charge in [-0.15, -0.1) is 0 Å². The fourth-order valence-corrected chi connectivity index (χ4v) is 1.38. The second-order valence-electron chi connectivity index (χ2n) is 3.74. The predicted molar refractivity (Wildman–Crippen MR) is 59.5 cm³/mol. The van der Waals surface area contributed by atoms with Crippen molar-refractivity contribution in [1.29, 1.82) is 0 Å². The first-order valence-corrected chi connectivity index (χ1v) is 5.07. The lowest BCUT2D eigenvalue weighted by Gasteiger charge is -2.28. The summed E-state index contributed by atoms with van der Waals surface area (Å²) in [5.74, 6) is 0.181. The van der Waals surface area contributed by atoms with E-state index in [1.54, 1.807) is 6.92 Å². The molecule has 0 spiro atoms. The quantitative estimate of drug-likeness (QED) is 0.736. The Hall–Kier alpha value is -0.840. The molecule has 4 N–H and O–H groups in total. The molecule has 1 aromatic rings. The minimum atomic E-state index is -1.24. The molecule has 0 aliphatic heterocycles. The third kappa shape index (κ3) is 2.59. The molecule has 15 heavy (non-hydrogen) atoms. The van der Waals surface area contributed by atoms with E-state index in [1.165, 1.54) is 19.2 Å². The number of hydrogen-bond acceptors (Lipinski definition) is 4. The van der Waals surface area contributed by atoms with Gasteiger partial charge in [0.15, 0.2) is 0 Å². The Morgan fingerprint density at radius 1 is 1.67 bits per heavy atom. The summed E-state index contributed by atoms with van der Waals surface area (Å²) in [4.78, 5) is 3.82. The van der Waals surface area contributed by atoms with Crippen LogP contribution in [0, 0.1) is 0 Å². The molecule has 0 amide bonds. The first kappa shape index (κ1) is 12.2. The van der Waals surface area contributed by atoms with Crippen molar-refractivity contribution in [3.8, 4) is 0 Å². The number of nitrogen functional groups attached to an aromatic ring is 1. The van der Waals surface area contributed by atoms with Crippen LogP contribution in [-0.4, -0.2) is 20.8 Å². The van der Waals surface area contributed by atoms with Crippen molar-refractivity contribution in [1.82, 2.24) is 4.98 Å². The Kier molecular flexibility index (Phi) is 3.54. The Morgan fingerprint density at radius 2 is 2.27 bits per heavy atom. The minimum absolute atomic E-state index is 0.181. The molecule has 0 bridgehead atoms. The number of nitrogens with zero attached hydrogens (tertiary/aromatic N) is 1. The minimum Gasteiger partial charge on any atom is -0.387 e. The van der Waals surface area contributed by atoms with E-state index in [0.717, 1.165) is 0 Å². The van der Waals surface area contributed by atoms with E-state index in [1.807, 2.05) is 0 Å². The normalized spacial score (nSPS) is 17.1. The van der Waals surface area contributed by atoms with Crippen LogP contribution in [0.25, 0.3) is 0 Å². The number of anilines is 1. The molecule has 0 saturated heterocycles. The Balaban J connectivity index is 3.10. The number of pyridine rings is 1. The van der Waals surface area contributed by atoms with Crippen LogP contribution in [0.2, 0.25) is 5.02 Å². The molecule has 2 atom stereocenters. The molecule has 5 heteroatoms. The van der Waals surface area contributed by atoms with Crippen molar-refractivity contribution >= 4 is 17.4 Å². The highest BCUT2D eigenvalue weighted by Crippen LogP contribution is 2.32. The molecule has 84 valence electrons. The summed E-state index contributed by atoms with van der Waals surface area (Å²) in [6.07, 6.45) is 0.710. The lowest BCUT2D eigenvalue weighted by molar-refractivity contribution is -0.0656. The number of halogens is 1. The smallest absolute Gasteiger partial charge is 0.129 e. The maximum absolute atomic E-state index is 9.92. The molecule has 0 saturated carbocycles. The third-order valence-corrected chi connectivity index (χ3v) is 2.72. The second-order valence-corrected chi connectivity index (χ2v) is 4.18. The van der Waals surface area contributed by atoms with E-state index in [9.17, 15) is 10.2 Å². The fourth-order valence-electron chi connectivity index (χ4n) is 1.21. The zero-order valence-electron chi connectivity index (χ0n) is 8.74. The van der Waals surface area contributed by atoms with Gasteiger partial charge < -0.3 is 15.9 Å². The molecule has 1 aromatic heterocycles. The summed E-state index contributed by atoms with van der Waals surface area (Å²) in [6.45, 7) is 3.31. The first-order valence-electron chi connectivity index (χ1n) is 4.70. The van der Waals surface area contributed by atoms with E-state index >= 15 is 0 Å². The van der Waals surface area contributed by atoms with E-state index in [-0.39, 0.29) is 5.82 Å². The van der Waals surface area contributed by atoms with Crippen LogP contribution in [0.3, 0.4) is 0 Å².